The Labute approximate surface area is 119 Å². The van der Waals surface area contributed by atoms with Gasteiger partial charge in [-0.3, -0.25) is 0 Å². The van der Waals surface area contributed by atoms with Crippen molar-refractivity contribution in [3.8, 4) is 0 Å². The summed E-state index contributed by atoms with van der Waals surface area (Å²) >= 11 is 5.71. The number of rotatable bonds is 5. The van der Waals surface area contributed by atoms with Crippen LogP contribution in [0.25, 0.3) is 0 Å². The minimum Gasteiger partial charge on any atom is -0.393 e. The van der Waals surface area contributed by atoms with Crippen LogP contribution < -0.4 is 0 Å². The van der Waals surface area contributed by atoms with E-state index in [4.69, 9.17) is 11.6 Å². The molecule has 2 rings (SSSR count). The van der Waals surface area contributed by atoms with Crippen LogP contribution in [0.5, 0.6) is 0 Å². The van der Waals surface area contributed by atoms with Crippen molar-refractivity contribution in [1.29, 1.82) is 0 Å². The van der Waals surface area contributed by atoms with Crippen molar-refractivity contribution in [3.05, 3.63) is 34.6 Å². The highest BCUT2D eigenvalue weighted by Gasteiger charge is 2.16. The molecule has 0 heterocycles. The first-order chi connectivity index (χ1) is 9.15. The predicted molar refractivity (Wildman–Crippen MR) is 76.9 cm³/mol. The van der Waals surface area contributed by atoms with Crippen LogP contribution in [0.4, 0.5) is 4.39 Å². The van der Waals surface area contributed by atoms with Crippen molar-refractivity contribution in [2.24, 2.45) is 5.92 Å². The lowest BCUT2D eigenvalue weighted by atomic mass is 9.85. The summed E-state index contributed by atoms with van der Waals surface area (Å²) < 4.78 is 13.6. The van der Waals surface area contributed by atoms with E-state index in [0.29, 0.717) is 17.0 Å². The van der Waals surface area contributed by atoms with Crippen LogP contribution in [-0.2, 0) is 6.42 Å². The molecule has 1 fully saturated rings. The van der Waals surface area contributed by atoms with Crippen molar-refractivity contribution < 1.29 is 9.50 Å². The Morgan fingerprint density at radius 3 is 2.68 bits per heavy atom. The third kappa shape index (κ3) is 4.77. The molecular weight excluding hydrogens is 263 g/mol. The molecule has 0 saturated heterocycles. The molecule has 19 heavy (non-hydrogen) atoms. The van der Waals surface area contributed by atoms with Gasteiger partial charge in [0.1, 0.15) is 5.82 Å². The Morgan fingerprint density at radius 2 is 2.00 bits per heavy atom. The topological polar surface area (TPSA) is 20.2 Å². The maximum Gasteiger partial charge on any atom is 0.127 e. The van der Waals surface area contributed by atoms with E-state index in [2.05, 4.69) is 0 Å². The quantitative estimate of drug-likeness (QED) is 0.828. The number of aliphatic hydroxyl groups excluding tert-OH is 1. The molecule has 0 bridgehead atoms. The molecule has 1 saturated carbocycles. The fourth-order valence-electron chi connectivity index (χ4n) is 2.95. The largest absolute Gasteiger partial charge is 0.393 e. The third-order valence-corrected chi connectivity index (χ3v) is 4.34. The molecule has 0 spiro atoms. The average molecular weight is 285 g/mol. The molecule has 0 aliphatic heterocycles. The van der Waals surface area contributed by atoms with E-state index in [1.807, 2.05) is 0 Å². The van der Waals surface area contributed by atoms with E-state index < -0.39 is 6.10 Å². The average Bonchev–Trinajstić information content (AvgIpc) is 2.41. The maximum absolute atomic E-state index is 13.6. The summed E-state index contributed by atoms with van der Waals surface area (Å²) in [5.41, 5.74) is 0.556. The molecule has 1 nitrogen and oxygen atoms in total. The highest BCUT2D eigenvalue weighted by atomic mass is 35.5. The van der Waals surface area contributed by atoms with Gasteiger partial charge in [-0.1, -0.05) is 49.8 Å². The molecule has 0 aromatic heterocycles. The van der Waals surface area contributed by atoms with Gasteiger partial charge in [0.05, 0.1) is 6.10 Å². The summed E-state index contributed by atoms with van der Waals surface area (Å²) in [7, 11) is 0. The molecule has 1 aliphatic carbocycles. The minimum atomic E-state index is -0.447. The highest BCUT2D eigenvalue weighted by molar-refractivity contribution is 6.30. The van der Waals surface area contributed by atoms with E-state index >= 15 is 0 Å². The zero-order chi connectivity index (χ0) is 13.7. The van der Waals surface area contributed by atoms with E-state index in [1.165, 1.54) is 38.2 Å². The monoisotopic (exact) mass is 284 g/mol. The van der Waals surface area contributed by atoms with Gasteiger partial charge in [-0.2, -0.15) is 0 Å². The number of hydrogen-bond donors (Lipinski definition) is 1. The van der Waals surface area contributed by atoms with Crippen LogP contribution in [0.15, 0.2) is 18.2 Å². The molecular formula is C16H22ClFO. The smallest absolute Gasteiger partial charge is 0.127 e. The minimum absolute atomic E-state index is 0.316. The highest BCUT2D eigenvalue weighted by Crippen LogP contribution is 2.28. The summed E-state index contributed by atoms with van der Waals surface area (Å²) in [6.45, 7) is 0. The van der Waals surface area contributed by atoms with Crippen LogP contribution in [0.3, 0.4) is 0 Å². The summed E-state index contributed by atoms with van der Waals surface area (Å²) in [5, 5.41) is 10.4. The van der Waals surface area contributed by atoms with E-state index in [9.17, 15) is 9.50 Å². The van der Waals surface area contributed by atoms with Crippen molar-refractivity contribution >= 4 is 11.6 Å². The van der Waals surface area contributed by atoms with Gasteiger partial charge in [-0.25, -0.2) is 4.39 Å². The number of halogens is 2. The second-order valence-corrected chi connectivity index (χ2v) is 6.11. The van der Waals surface area contributed by atoms with E-state index in [0.717, 1.165) is 18.8 Å². The van der Waals surface area contributed by atoms with E-state index in [-0.39, 0.29) is 5.82 Å². The van der Waals surface area contributed by atoms with Gasteiger partial charge < -0.3 is 5.11 Å². The van der Waals surface area contributed by atoms with Crippen LogP contribution >= 0.6 is 11.6 Å². The predicted octanol–water partition coefficient (Wildman–Crippen LogP) is 4.74. The lowest BCUT2D eigenvalue weighted by Crippen LogP contribution is -2.15. The Morgan fingerprint density at radius 1 is 1.26 bits per heavy atom. The van der Waals surface area contributed by atoms with Gasteiger partial charge in [-0.05, 0) is 36.5 Å². The van der Waals surface area contributed by atoms with Crippen LogP contribution in [0.1, 0.15) is 50.5 Å². The second kappa shape index (κ2) is 7.25. The third-order valence-electron chi connectivity index (χ3n) is 4.10. The molecule has 1 N–H and O–H groups in total. The lowest BCUT2D eigenvalue weighted by molar-refractivity contribution is 0.148. The van der Waals surface area contributed by atoms with Crippen molar-refractivity contribution in [1.82, 2.24) is 0 Å². The van der Waals surface area contributed by atoms with Gasteiger partial charge in [0.15, 0.2) is 0 Å². The number of benzene rings is 1. The van der Waals surface area contributed by atoms with Crippen LogP contribution in [0, 0.1) is 11.7 Å². The zero-order valence-corrected chi connectivity index (χ0v) is 12.0. The summed E-state index contributed by atoms with van der Waals surface area (Å²) in [5.74, 6) is 0.447. The zero-order valence-electron chi connectivity index (χ0n) is 11.2. The molecule has 3 heteroatoms. The molecule has 0 amide bonds. The van der Waals surface area contributed by atoms with Crippen molar-refractivity contribution in [3.63, 3.8) is 0 Å². The van der Waals surface area contributed by atoms with Crippen LogP contribution in [-0.4, -0.2) is 11.2 Å². The summed E-state index contributed by atoms with van der Waals surface area (Å²) in [4.78, 5) is 0. The summed E-state index contributed by atoms with van der Waals surface area (Å²) in [6, 6.07) is 4.65. The van der Waals surface area contributed by atoms with Crippen LogP contribution in [0.2, 0.25) is 5.02 Å². The van der Waals surface area contributed by atoms with Crippen molar-refractivity contribution in [2.45, 2.75) is 57.5 Å². The van der Waals surface area contributed by atoms with Gasteiger partial charge in [-0.15, -0.1) is 0 Å². The molecule has 1 aromatic rings. The van der Waals surface area contributed by atoms with E-state index in [1.54, 1.807) is 12.1 Å². The summed E-state index contributed by atoms with van der Waals surface area (Å²) in [6.07, 6.45) is 8.37. The first kappa shape index (κ1) is 14.8. The Bertz CT molecular complexity index is 402. The Balaban J connectivity index is 1.78. The molecule has 1 aromatic carbocycles. The standard InChI is InChI=1S/C16H22ClFO/c17-14-8-7-13(16(18)11-14)10-15(19)9-6-12-4-2-1-3-5-12/h7-8,11-12,15,19H,1-6,9-10H2. The molecule has 0 radical (unpaired) electrons. The molecule has 1 unspecified atom stereocenters. The second-order valence-electron chi connectivity index (χ2n) is 5.68. The first-order valence-electron chi connectivity index (χ1n) is 7.27. The molecule has 106 valence electrons. The Hall–Kier alpha value is -0.600. The fraction of sp³-hybridized carbons (Fsp3) is 0.625. The van der Waals surface area contributed by atoms with Gasteiger partial charge in [0.25, 0.3) is 0 Å². The lowest BCUT2D eigenvalue weighted by Gasteiger charge is -2.22. The fourth-order valence-corrected chi connectivity index (χ4v) is 3.11. The Kier molecular flexibility index (Phi) is 5.65. The van der Waals surface area contributed by atoms with Crippen molar-refractivity contribution in [2.75, 3.05) is 0 Å². The first-order valence-corrected chi connectivity index (χ1v) is 7.65. The number of aliphatic hydroxyl groups is 1. The van der Waals surface area contributed by atoms with Gasteiger partial charge in [0, 0.05) is 11.4 Å². The van der Waals surface area contributed by atoms with Gasteiger partial charge >= 0.3 is 0 Å². The molecule has 1 atom stereocenters. The normalized spacial score (nSPS) is 18.5. The number of hydrogen-bond acceptors (Lipinski definition) is 1. The van der Waals surface area contributed by atoms with Gasteiger partial charge in [0.2, 0.25) is 0 Å². The molecule has 1 aliphatic rings. The maximum atomic E-state index is 13.6. The SMILES string of the molecule is OC(CCC1CCCCC1)Cc1ccc(Cl)cc1F.